The highest BCUT2D eigenvalue weighted by Crippen LogP contribution is 2.42. The second-order valence-electron chi connectivity index (χ2n) is 7.54. The van der Waals surface area contributed by atoms with E-state index in [2.05, 4.69) is 33.1 Å². The molecule has 2 saturated heterocycles. The highest BCUT2D eigenvalue weighted by atomic mass is 16.5. The summed E-state index contributed by atoms with van der Waals surface area (Å²) in [6.45, 7) is 2.69. The zero-order valence-electron chi connectivity index (χ0n) is 16.4. The van der Waals surface area contributed by atoms with Gasteiger partial charge in [-0.25, -0.2) is 9.97 Å². The van der Waals surface area contributed by atoms with Gasteiger partial charge in [0.15, 0.2) is 0 Å². The van der Waals surface area contributed by atoms with Gasteiger partial charge in [0, 0.05) is 18.3 Å². The van der Waals surface area contributed by atoms with Crippen molar-refractivity contribution in [3.63, 3.8) is 0 Å². The van der Waals surface area contributed by atoms with Gasteiger partial charge in [-0.2, -0.15) is 0 Å². The maximum Gasteiger partial charge on any atom is 0.250 e. The number of aromatic nitrogens is 2. The number of amides is 1. The summed E-state index contributed by atoms with van der Waals surface area (Å²) >= 11 is 0. The molecule has 1 amide bonds. The second-order valence-corrected chi connectivity index (χ2v) is 7.54. The number of carbonyl (C=O) groups is 1. The van der Waals surface area contributed by atoms with Gasteiger partial charge in [0.1, 0.15) is 23.9 Å². The number of anilines is 2. The van der Waals surface area contributed by atoms with Crippen LogP contribution < -0.4 is 14.5 Å². The minimum Gasteiger partial charge on any atom is -0.495 e. The minimum atomic E-state index is -0.195. The fourth-order valence-corrected chi connectivity index (χ4v) is 4.43. The van der Waals surface area contributed by atoms with Gasteiger partial charge in [-0.3, -0.25) is 4.79 Å². The predicted molar refractivity (Wildman–Crippen MR) is 112 cm³/mol. The Labute approximate surface area is 169 Å². The molecule has 2 unspecified atom stereocenters. The molecule has 0 aliphatic carbocycles. The third kappa shape index (κ3) is 2.92. The highest BCUT2D eigenvalue weighted by Gasteiger charge is 2.51. The third-order valence-electron chi connectivity index (χ3n) is 5.80. The van der Waals surface area contributed by atoms with Crippen molar-refractivity contribution in [2.45, 2.75) is 25.4 Å². The van der Waals surface area contributed by atoms with Crippen LogP contribution in [-0.2, 0) is 4.79 Å². The van der Waals surface area contributed by atoms with Gasteiger partial charge in [0.25, 0.3) is 0 Å². The van der Waals surface area contributed by atoms with Gasteiger partial charge in [0.05, 0.1) is 18.8 Å². The van der Waals surface area contributed by atoms with E-state index in [4.69, 9.17) is 4.74 Å². The van der Waals surface area contributed by atoms with Crippen molar-refractivity contribution >= 4 is 17.4 Å². The molecule has 2 fully saturated rings. The lowest BCUT2D eigenvalue weighted by atomic mass is 10.0. The maximum atomic E-state index is 13.3. The first kappa shape index (κ1) is 17.7. The fourth-order valence-electron chi connectivity index (χ4n) is 4.43. The average molecular weight is 386 g/mol. The summed E-state index contributed by atoms with van der Waals surface area (Å²) in [6.07, 6.45) is 2.35. The van der Waals surface area contributed by atoms with E-state index in [-0.39, 0.29) is 18.0 Å². The maximum absolute atomic E-state index is 13.3. The Kier molecular flexibility index (Phi) is 4.19. The van der Waals surface area contributed by atoms with Crippen LogP contribution in [0.3, 0.4) is 0 Å². The van der Waals surface area contributed by atoms with Crippen LogP contribution in [0.25, 0.3) is 11.1 Å². The van der Waals surface area contributed by atoms with Crippen molar-refractivity contribution in [3.8, 4) is 16.9 Å². The first-order chi connectivity index (χ1) is 14.2. The van der Waals surface area contributed by atoms with E-state index in [0.717, 1.165) is 47.0 Å². The Morgan fingerprint density at radius 1 is 1.03 bits per heavy atom. The van der Waals surface area contributed by atoms with Gasteiger partial charge < -0.3 is 14.5 Å². The minimum absolute atomic E-state index is 0.0982. The number of methoxy groups -OCH3 is 1. The first-order valence-electron chi connectivity index (χ1n) is 9.77. The molecule has 2 aromatic carbocycles. The van der Waals surface area contributed by atoms with E-state index in [1.54, 1.807) is 13.4 Å². The van der Waals surface area contributed by atoms with Gasteiger partial charge in [0.2, 0.25) is 5.91 Å². The smallest absolute Gasteiger partial charge is 0.250 e. The molecule has 0 N–H and O–H groups in total. The van der Waals surface area contributed by atoms with E-state index in [0.29, 0.717) is 0 Å². The topological polar surface area (TPSA) is 58.6 Å². The van der Waals surface area contributed by atoms with Gasteiger partial charge >= 0.3 is 0 Å². The molecule has 0 saturated carbocycles. The molecule has 3 heterocycles. The van der Waals surface area contributed by atoms with Crippen molar-refractivity contribution in [1.82, 2.24) is 9.97 Å². The average Bonchev–Trinajstić information content (AvgIpc) is 3.32. The molecule has 2 bridgehead atoms. The van der Waals surface area contributed by atoms with Gasteiger partial charge in [-0.15, -0.1) is 0 Å². The summed E-state index contributed by atoms with van der Waals surface area (Å²) in [5.74, 6) is 1.64. The lowest BCUT2D eigenvalue weighted by Crippen LogP contribution is -2.51. The zero-order valence-corrected chi connectivity index (χ0v) is 16.4. The predicted octanol–water partition coefficient (Wildman–Crippen LogP) is 3.45. The molecule has 2 aliphatic heterocycles. The SMILES string of the molecule is COc1ccc(-c2ccccc2)cc1N1C(=O)C2CC1CN2c1cc(C)ncn1. The number of rotatable bonds is 4. The first-order valence-corrected chi connectivity index (χ1v) is 9.77. The summed E-state index contributed by atoms with van der Waals surface area (Å²) in [4.78, 5) is 25.9. The van der Waals surface area contributed by atoms with Crippen LogP contribution in [0, 0.1) is 6.92 Å². The summed E-state index contributed by atoms with van der Waals surface area (Å²) in [7, 11) is 1.65. The Morgan fingerprint density at radius 2 is 1.86 bits per heavy atom. The van der Waals surface area contributed by atoms with Crippen LogP contribution in [0.15, 0.2) is 60.9 Å². The fraction of sp³-hybridized carbons (Fsp3) is 0.261. The normalized spacial score (nSPS) is 20.4. The van der Waals surface area contributed by atoms with E-state index >= 15 is 0 Å². The van der Waals surface area contributed by atoms with Crippen molar-refractivity contribution in [2.24, 2.45) is 0 Å². The van der Waals surface area contributed by atoms with Crippen molar-refractivity contribution in [3.05, 3.63) is 66.6 Å². The van der Waals surface area contributed by atoms with E-state index in [9.17, 15) is 4.79 Å². The molecule has 5 rings (SSSR count). The lowest BCUT2D eigenvalue weighted by molar-refractivity contribution is -0.118. The monoisotopic (exact) mass is 386 g/mol. The number of fused-ring (bicyclic) bond motifs is 2. The van der Waals surface area contributed by atoms with Crippen LogP contribution in [0.1, 0.15) is 12.1 Å². The number of ether oxygens (including phenoxy) is 1. The molecule has 6 nitrogen and oxygen atoms in total. The van der Waals surface area contributed by atoms with Crippen molar-refractivity contribution in [1.29, 1.82) is 0 Å². The Morgan fingerprint density at radius 3 is 2.59 bits per heavy atom. The van der Waals surface area contributed by atoms with Crippen molar-refractivity contribution < 1.29 is 9.53 Å². The molecule has 0 radical (unpaired) electrons. The highest BCUT2D eigenvalue weighted by molar-refractivity contribution is 6.05. The van der Waals surface area contributed by atoms with Crippen LogP contribution in [-0.4, -0.2) is 41.6 Å². The van der Waals surface area contributed by atoms with Crippen LogP contribution in [0.5, 0.6) is 5.75 Å². The molecule has 2 atom stereocenters. The number of benzene rings is 2. The summed E-state index contributed by atoms with van der Waals surface area (Å²) in [5, 5.41) is 0. The number of hydrogen-bond acceptors (Lipinski definition) is 5. The lowest BCUT2D eigenvalue weighted by Gasteiger charge is -2.35. The molecule has 1 aromatic heterocycles. The van der Waals surface area contributed by atoms with Crippen LogP contribution in [0.4, 0.5) is 11.5 Å². The summed E-state index contributed by atoms with van der Waals surface area (Å²) in [5.41, 5.74) is 3.93. The molecular formula is C23H22N4O2. The van der Waals surface area contributed by atoms with Crippen LogP contribution in [0.2, 0.25) is 0 Å². The van der Waals surface area contributed by atoms with E-state index in [1.165, 1.54) is 0 Å². The van der Waals surface area contributed by atoms with E-state index < -0.39 is 0 Å². The number of piperazine rings is 1. The quantitative estimate of drug-likeness (QED) is 0.687. The van der Waals surface area contributed by atoms with Crippen molar-refractivity contribution in [2.75, 3.05) is 23.5 Å². The van der Waals surface area contributed by atoms with Gasteiger partial charge in [-0.1, -0.05) is 36.4 Å². The zero-order chi connectivity index (χ0) is 20.0. The largest absolute Gasteiger partial charge is 0.495 e. The number of hydrogen-bond donors (Lipinski definition) is 0. The second kappa shape index (κ2) is 6.88. The Bertz CT molecular complexity index is 1070. The molecule has 6 heteroatoms. The Balaban J connectivity index is 1.49. The molecule has 29 heavy (non-hydrogen) atoms. The van der Waals surface area contributed by atoms with Gasteiger partial charge in [-0.05, 0) is 36.6 Å². The third-order valence-corrected chi connectivity index (χ3v) is 5.80. The van der Waals surface area contributed by atoms with E-state index in [1.807, 2.05) is 48.2 Å². The summed E-state index contributed by atoms with van der Waals surface area (Å²) < 4.78 is 5.60. The molecule has 146 valence electrons. The molecule has 3 aromatic rings. The molecular weight excluding hydrogens is 364 g/mol. The molecule has 2 aliphatic rings. The van der Waals surface area contributed by atoms with Crippen LogP contribution >= 0.6 is 0 Å². The number of aryl methyl sites for hydroxylation is 1. The number of carbonyl (C=O) groups excluding carboxylic acids is 1. The molecule has 0 spiro atoms. The number of nitrogens with zero attached hydrogens (tertiary/aromatic N) is 4. The standard InChI is InChI=1S/C23H22N4O2/c1-15-10-22(25-14-24-15)26-13-18-12-20(26)23(28)27(18)19-11-17(8-9-21(19)29-2)16-6-4-3-5-7-16/h3-11,14,18,20H,12-13H2,1-2H3. The summed E-state index contributed by atoms with van der Waals surface area (Å²) in [6, 6.07) is 18.1. The Hall–Kier alpha value is -3.41.